The Balaban J connectivity index is 1.61. The molecule has 0 saturated carbocycles. The van der Waals surface area contributed by atoms with Gasteiger partial charge < -0.3 is 14.2 Å². The van der Waals surface area contributed by atoms with Crippen molar-refractivity contribution in [1.29, 1.82) is 0 Å². The molecule has 1 amide bonds. The molecule has 3 aromatic carbocycles. The predicted octanol–water partition coefficient (Wildman–Crippen LogP) is 8.27. The molecular formula is C29H27Cl3N2O4S. The summed E-state index contributed by atoms with van der Waals surface area (Å²) in [6.07, 6.45) is 1.78. The van der Waals surface area contributed by atoms with Crippen LogP contribution < -0.4 is 9.47 Å². The largest absolute Gasteiger partial charge is 0.490 e. The third-order valence-electron chi connectivity index (χ3n) is 5.55. The maximum atomic E-state index is 13.4. The molecule has 0 atom stereocenters. The lowest BCUT2D eigenvalue weighted by Gasteiger charge is -2.15. The highest BCUT2D eigenvalue weighted by Crippen LogP contribution is 2.40. The normalized spacial score (nSPS) is 15.4. The SMILES string of the molecule is CCOCCN1C(=O)/C(=C/c2cc(Cl)c(OCc3ccc(Cl)cc3Cl)c(OCC)c2)SC1=Nc1ccccc1. The van der Waals surface area contributed by atoms with Crippen molar-refractivity contribution in [2.75, 3.05) is 26.4 Å². The van der Waals surface area contributed by atoms with Gasteiger partial charge in [0, 0.05) is 22.2 Å². The zero-order chi connectivity index (χ0) is 27.8. The molecule has 1 heterocycles. The van der Waals surface area contributed by atoms with E-state index in [0.717, 1.165) is 11.3 Å². The van der Waals surface area contributed by atoms with Crippen molar-refractivity contribution in [1.82, 2.24) is 4.90 Å². The average molecular weight is 606 g/mol. The number of rotatable bonds is 11. The summed E-state index contributed by atoms with van der Waals surface area (Å²) in [6.45, 7) is 5.75. The van der Waals surface area contributed by atoms with Crippen LogP contribution >= 0.6 is 46.6 Å². The molecule has 0 unspecified atom stereocenters. The van der Waals surface area contributed by atoms with Gasteiger partial charge in [0.15, 0.2) is 16.7 Å². The summed E-state index contributed by atoms with van der Waals surface area (Å²) >= 11 is 20.2. The summed E-state index contributed by atoms with van der Waals surface area (Å²) in [6, 6.07) is 18.3. The maximum Gasteiger partial charge on any atom is 0.266 e. The lowest BCUT2D eigenvalue weighted by Crippen LogP contribution is -2.32. The molecule has 1 aliphatic rings. The lowest BCUT2D eigenvalue weighted by molar-refractivity contribution is -0.122. The Hall–Kier alpha value is -2.68. The number of amidine groups is 1. The number of hydrogen-bond donors (Lipinski definition) is 0. The van der Waals surface area contributed by atoms with Crippen LogP contribution in [0.5, 0.6) is 11.5 Å². The number of hydrogen-bond acceptors (Lipinski definition) is 6. The van der Waals surface area contributed by atoms with Gasteiger partial charge >= 0.3 is 0 Å². The number of halogens is 3. The second-order valence-electron chi connectivity index (χ2n) is 8.28. The summed E-state index contributed by atoms with van der Waals surface area (Å²) in [7, 11) is 0. The molecule has 4 rings (SSSR count). The van der Waals surface area contributed by atoms with Gasteiger partial charge in [0.2, 0.25) is 0 Å². The molecule has 1 saturated heterocycles. The highest BCUT2D eigenvalue weighted by Gasteiger charge is 2.33. The van der Waals surface area contributed by atoms with Crippen LogP contribution in [0.4, 0.5) is 5.69 Å². The van der Waals surface area contributed by atoms with E-state index in [1.54, 1.807) is 41.3 Å². The Bertz CT molecular complexity index is 1380. The van der Waals surface area contributed by atoms with Crippen LogP contribution in [-0.2, 0) is 16.1 Å². The van der Waals surface area contributed by atoms with Gasteiger partial charge in [0.05, 0.1) is 35.4 Å². The first-order chi connectivity index (χ1) is 18.9. The Morgan fingerprint density at radius 1 is 0.949 bits per heavy atom. The van der Waals surface area contributed by atoms with E-state index in [1.165, 1.54) is 11.8 Å². The fraction of sp³-hybridized carbons (Fsp3) is 0.241. The minimum atomic E-state index is -0.152. The van der Waals surface area contributed by atoms with Gasteiger partial charge in [-0.25, -0.2) is 4.99 Å². The van der Waals surface area contributed by atoms with Crippen LogP contribution in [0.1, 0.15) is 25.0 Å². The summed E-state index contributed by atoms with van der Waals surface area (Å²) in [4.78, 5) is 20.2. The molecule has 0 aromatic heterocycles. The van der Waals surface area contributed by atoms with Crippen molar-refractivity contribution in [3.05, 3.63) is 91.8 Å². The van der Waals surface area contributed by atoms with Gasteiger partial charge in [-0.1, -0.05) is 59.1 Å². The van der Waals surface area contributed by atoms with Crippen molar-refractivity contribution in [3.63, 3.8) is 0 Å². The minimum Gasteiger partial charge on any atom is -0.490 e. The smallest absolute Gasteiger partial charge is 0.266 e. The maximum absolute atomic E-state index is 13.4. The first-order valence-corrected chi connectivity index (χ1v) is 14.3. The molecule has 0 spiro atoms. The number of thioether (sulfide) groups is 1. The van der Waals surface area contributed by atoms with E-state index in [9.17, 15) is 4.79 Å². The van der Waals surface area contributed by atoms with Crippen molar-refractivity contribution in [2.24, 2.45) is 4.99 Å². The van der Waals surface area contributed by atoms with Crippen molar-refractivity contribution < 1.29 is 19.0 Å². The van der Waals surface area contributed by atoms with Crippen molar-refractivity contribution >= 4 is 69.4 Å². The number of nitrogens with zero attached hydrogens (tertiary/aromatic N) is 2. The zero-order valence-electron chi connectivity index (χ0n) is 21.5. The third kappa shape index (κ3) is 7.71. The molecule has 10 heteroatoms. The number of benzene rings is 3. The molecule has 3 aromatic rings. The monoisotopic (exact) mass is 604 g/mol. The van der Waals surface area contributed by atoms with E-state index in [4.69, 9.17) is 54.0 Å². The van der Waals surface area contributed by atoms with Gasteiger partial charge in [0.1, 0.15) is 6.61 Å². The predicted molar refractivity (Wildman–Crippen MR) is 161 cm³/mol. The van der Waals surface area contributed by atoms with Crippen molar-refractivity contribution in [3.8, 4) is 11.5 Å². The topological polar surface area (TPSA) is 60.4 Å². The zero-order valence-corrected chi connectivity index (χ0v) is 24.5. The van der Waals surface area contributed by atoms with Crippen LogP contribution in [0.3, 0.4) is 0 Å². The van der Waals surface area contributed by atoms with Crippen LogP contribution in [0, 0.1) is 0 Å². The molecule has 39 heavy (non-hydrogen) atoms. The number of amides is 1. The van der Waals surface area contributed by atoms with Gasteiger partial charge in [0.25, 0.3) is 5.91 Å². The summed E-state index contributed by atoms with van der Waals surface area (Å²) in [5, 5.41) is 1.98. The van der Waals surface area contributed by atoms with Crippen LogP contribution in [0.2, 0.25) is 15.1 Å². The number of carbonyl (C=O) groups is 1. The molecule has 1 aliphatic heterocycles. The summed E-state index contributed by atoms with van der Waals surface area (Å²) in [5.74, 6) is 0.701. The Labute approximate surface area is 247 Å². The second kappa shape index (κ2) is 14.1. The van der Waals surface area contributed by atoms with E-state index >= 15 is 0 Å². The van der Waals surface area contributed by atoms with Crippen LogP contribution in [0.15, 0.2) is 70.6 Å². The van der Waals surface area contributed by atoms with Crippen LogP contribution in [-0.4, -0.2) is 42.3 Å². The van der Waals surface area contributed by atoms with E-state index in [-0.39, 0.29) is 12.5 Å². The third-order valence-corrected chi connectivity index (χ3v) is 7.42. The number of ether oxygens (including phenoxy) is 3. The summed E-state index contributed by atoms with van der Waals surface area (Å²) in [5.41, 5.74) is 2.22. The first kappa shape index (κ1) is 29.3. The molecule has 0 radical (unpaired) electrons. The number of aliphatic imine (C=N–C) groups is 1. The standard InChI is InChI=1S/C29H27Cl3N2O4S/c1-3-36-13-12-34-28(35)26(39-29(34)33-22-8-6-5-7-9-22)16-19-14-24(32)27(25(15-19)37-4-2)38-18-20-10-11-21(30)17-23(20)31/h5-11,14-17H,3-4,12-13,18H2,1-2H3/b26-16-,33-29?. The molecule has 1 fully saturated rings. The minimum absolute atomic E-state index is 0.152. The average Bonchev–Trinajstić information content (AvgIpc) is 3.19. The van der Waals surface area contributed by atoms with E-state index in [2.05, 4.69) is 0 Å². The van der Waals surface area contributed by atoms with Crippen LogP contribution in [0.25, 0.3) is 6.08 Å². The van der Waals surface area contributed by atoms with Gasteiger partial charge in [-0.15, -0.1) is 0 Å². The van der Waals surface area contributed by atoms with E-state index in [1.807, 2.05) is 44.2 Å². The van der Waals surface area contributed by atoms with E-state index in [0.29, 0.717) is 68.6 Å². The fourth-order valence-electron chi connectivity index (χ4n) is 3.72. The molecule has 0 aliphatic carbocycles. The fourth-order valence-corrected chi connectivity index (χ4v) is 5.48. The van der Waals surface area contributed by atoms with Gasteiger partial charge in [-0.2, -0.15) is 0 Å². The summed E-state index contributed by atoms with van der Waals surface area (Å²) < 4.78 is 17.3. The number of carbonyl (C=O) groups excluding carboxylic acids is 1. The number of para-hydroxylation sites is 1. The molecule has 6 nitrogen and oxygen atoms in total. The quantitative estimate of drug-likeness (QED) is 0.163. The lowest BCUT2D eigenvalue weighted by atomic mass is 10.1. The van der Waals surface area contributed by atoms with E-state index < -0.39 is 0 Å². The molecular weight excluding hydrogens is 579 g/mol. The van der Waals surface area contributed by atoms with Gasteiger partial charge in [-0.3, -0.25) is 9.69 Å². The highest BCUT2D eigenvalue weighted by atomic mass is 35.5. The molecule has 0 N–H and O–H groups in total. The Morgan fingerprint density at radius 2 is 1.74 bits per heavy atom. The molecule has 204 valence electrons. The highest BCUT2D eigenvalue weighted by molar-refractivity contribution is 8.18. The Kier molecular flexibility index (Phi) is 10.6. The Morgan fingerprint density at radius 3 is 2.46 bits per heavy atom. The second-order valence-corrected chi connectivity index (χ2v) is 10.5. The molecule has 0 bridgehead atoms. The first-order valence-electron chi connectivity index (χ1n) is 12.4. The van der Waals surface area contributed by atoms with Gasteiger partial charge in [-0.05, 0) is 73.6 Å². The van der Waals surface area contributed by atoms with Crippen molar-refractivity contribution in [2.45, 2.75) is 20.5 Å².